The molecule has 2 N–H and O–H groups in total. The fraction of sp³-hybridized carbons (Fsp3) is 0.500. The Labute approximate surface area is 108 Å². The second-order valence-electron chi connectivity index (χ2n) is 3.67. The summed E-state index contributed by atoms with van der Waals surface area (Å²) >= 11 is 0. The molecule has 1 amide bonds. The van der Waals surface area contributed by atoms with Crippen molar-refractivity contribution in [1.82, 2.24) is 20.3 Å². The van der Waals surface area contributed by atoms with Crippen LogP contribution in [-0.2, 0) is 25.7 Å². The second kappa shape index (κ2) is 7.09. The van der Waals surface area contributed by atoms with Gasteiger partial charge in [-0.2, -0.15) is 0 Å². The number of nitrogens with one attached hydrogen (secondary N) is 1. The predicted octanol–water partition coefficient (Wildman–Crippen LogP) is -1.20. The molecule has 0 bridgehead atoms. The lowest BCUT2D eigenvalue weighted by molar-refractivity contribution is -0.144. The number of amides is 1. The highest BCUT2D eigenvalue weighted by Gasteiger charge is 2.21. The molecule has 0 saturated heterocycles. The van der Waals surface area contributed by atoms with Crippen LogP contribution >= 0.6 is 0 Å². The third kappa shape index (κ3) is 5.15. The Morgan fingerprint density at radius 3 is 2.74 bits per heavy atom. The van der Waals surface area contributed by atoms with Crippen molar-refractivity contribution in [2.75, 3.05) is 7.11 Å². The van der Waals surface area contributed by atoms with E-state index in [1.165, 1.54) is 24.2 Å². The number of esters is 1. The van der Waals surface area contributed by atoms with Gasteiger partial charge in [0, 0.05) is 12.6 Å². The molecule has 19 heavy (non-hydrogen) atoms. The standard InChI is InChI=1S/C10H14N4O5/c1-19-9(16)3-2-7(10(17)18)12-8(15)6-14-5-4-11-13-14/h4-5,7H,2-3,6H2,1H3,(H,12,15)(H,17,18)/t7-/m1/s1. The van der Waals surface area contributed by atoms with Crippen LogP contribution in [0.25, 0.3) is 0 Å². The Bertz CT molecular complexity index is 445. The highest BCUT2D eigenvalue weighted by atomic mass is 16.5. The van der Waals surface area contributed by atoms with Crippen molar-refractivity contribution < 1.29 is 24.2 Å². The zero-order valence-electron chi connectivity index (χ0n) is 10.3. The number of nitrogens with zero attached hydrogens (tertiary/aromatic N) is 3. The van der Waals surface area contributed by atoms with Crippen molar-refractivity contribution in [3.8, 4) is 0 Å². The molecule has 0 radical (unpaired) electrons. The van der Waals surface area contributed by atoms with Gasteiger partial charge >= 0.3 is 11.9 Å². The summed E-state index contributed by atoms with van der Waals surface area (Å²) in [6.45, 7) is -0.137. The molecule has 104 valence electrons. The smallest absolute Gasteiger partial charge is 0.326 e. The molecule has 1 atom stereocenters. The fourth-order valence-corrected chi connectivity index (χ4v) is 1.33. The molecule has 1 aromatic rings. The molecule has 9 nitrogen and oxygen atoms in total. The number of carboxylic acids is 1. The van der Waals surface area contributed by atoms with E-state index >= 15 is 0 Å². The van der Waals surface area contributed by atoms with Crippen molar-refractivity contribution >= 4 is 17.8 Å². The summed E-state index contributed by atoms with van der Waals surface area (Å²) in [5, 5.41) is 18.3. The first-order valence-electron chi connectivity index (χ1n) is 5.46. The molecular formula is C10H14N4O5. The van der Waals surface area contributed by atoms with Crippen LogP contribution in [0.1, 0.15) is 12.8 Å². The normalized spacial score (nSPS) is 11.6. The number of rotatable bonds is 7. The van der Waals surface area contributed by atoms with Crippen molar-refractivity contribution in [3.05, 3.63) is 12.4 Å². The zero-order valence-corrected chi connectivity index (χ0v) is 10.3. The molecule has 0 aromatic carbocycles. The summed E-state index contributed by atoms with van der Waals surface area (Å²) in [5.41, 5.74) is 0. The van der Waals surface area contributed by atoms with E-state index in [4.69, 9.17) is 5.11 Å². The largest absolute Gasteiger partial charge is 0.480 e. The van der Waals surface area contributed by atoms with Crippen molar-refractivity contribution in [1.29, 1.82) is 0 Å². The number of carboxylic acid groups (broad SMARTS) is 1. The van der Waals surface area contributed by atoms with Gasteiger partial charge in [0.1, 0.15) is 12.6 Å². The van der Waals surface area contributed by atoms with Crippen molar-refractivity contribution in [3.63, 3.8) is 0 Å². The molecule has 0 unspecified atom stereocenters. The molecule has 1 aromatic heterocycles. The van der Waals surface area contributed by atoms with E-state index in [1.54, 1.807) is 0 Å². The Morgan fingerprint density at radius 2 is 2.21 bits per heavy atom. The van der Waals surface area contributed by atoms with Crippen molar-refractivity contribution in [2.24, 2.45) is 0 Å². The van der Waals surface area contributed by atoms with Gasteiger partial charge in [-0.25, -0.2) is 9.48 Å². The highest BCUT2D eigenvalue weighted by Crippen LogP contribution is 2.00. The van der Waals surface area contributed by atoms with Crippen LogP contribution in [0.5, 0.6) is 0 Å². The third-order valence-electron chi connectivity index (χ3n) is 2.28. The number of hydrogen-bond donors (Lipinski definition) is 2. The van der Waals surface area contributed by atoms with Gasteiger partial charge in [-0.05, 0) is 6.42 Å². The van der Waals surface area contributed by atoms with Crippen LogP contribution in [0.4, 0.5) is 0 Å². The number of hydrogen-bond acceptors (Lipinski definition) is 6. The van der Waals surface area contributed by atoms with Crippen LogP contribution in [0.2, 0.25) is 0 Å². The van der Waals surface area contributed by atoms with E-state index in [0.717, 1.165) is 0 Å². The number of methoxy groups -OCH3 is 1. The number of aromatic nitrogens is 3. The monoisotopic (exact) mass is 270 g/mol. The molecule has 0 saturated carbocycles. The summed E-state index contributed by atoms with van der Waals surface area (Å²) in [6, 6.07) is -1.14. The van der Waals surface area contributed by atoms with Crippen LogP contribution in [0, 0.1) is 0 Å². The number of carbonyl (C=O) groups excluding carboxylic acids is 2. The van der Waals surface area contributed by atoms with Crippen LogP contribution in [-0.4, -0.2) is 51.1 Å². The maximum Gasteiger partial charge on any atom is 0.326 e. The molecule has 1 heterocycles. The molecule has 0 fully saturated rings. The van der Waals surface area contributed by atoms with E-state index in [2.05, 4.69) is 20.4 Å². The zero-order chi connectivity index (χ0) is 14.3. The summed E-state index contributed by atoms with van der Waals surface area (Å²) in [6.07, 6.45) is 2.76. The predicted molar refractivity (Wildman–Crippen MR) is 60.8 cm³/mol. The Balaban J connectivity index is 2.46. The molecule has 0 spiro atoms. The van der Waals surface area contributed by atoms with Crippen LogP contribution < -0.4 is 5.32 Å². The SMILES string of the molecule is COC(=O)CC[C@@H](NC(=O)Cn1ccnn1)C(=O)O. The lowest BCUT2D eigenvalue weighted by atomic mass is 10.1. The van der Waals surface area contributed by atoms with Gasteiger partial charge in [-0.3, -0.25) is 9.59 Å². The fourth-order valence-electron chi connectivity index (χ4n) is 1.33. The summed E-state index contributed by atoms with van der Waals surface area (Å²) < 4.78 is 5.66. The van der Waals surface area contributed by atoms with E-state index in [9.17, 15) is 14.4 Å². The first kappa shape index (κ1) is 14.6. The van der Waals surface area contributed by atoms with E-state index in [-0.39, 0.29) is 19.4 Å². The molecule has 9 heteroatoms. The Morgan fingerprint density at radius 1 is 1.47 bits per heavy atom. The average molecular weight is 270 g/mol. The first-order valence-corrected chi connectivity index (χ1v) is 5.46. The second-order valence-corrected chi connectivity index (χ2v) is 3.67. The van der Waals surface area contributed by atoms with Crippen molar-refractivity contribution in [2.45, 2.75) is 25.4 Å². The Kier molecular flexibility index (Phi) is 5.45. The molecule has 0 aliphatic carbocycles. The van der Waals surface area contributed by atoms with E-state index in [0.29, 0.717) is 0 Å². The van der Waals surface area contributed by atoms with Gasteiger partial charge in [0.2, 0.25) is 5.91 Å². The van der Waals surface area contributed by atoms with Gasteiger partial charge in [0.05, 0.1) is 13.3 Å². The minimum atomic E-state index is -1.21. The van der Waals surface area contributed by atoms with Gasteiger partial charge in [-0.15, -0.1) is 5.10 Å². The van der Waals surface area contributed by atoms with Crippen LogP contribution in [0.3, 0.4) is 0 Å². The first-order chi connectivity index (χ1) is 9.02. The van der Waals surface area contributed by atoms with E-state index in [1.807, 2.05) is 0 Å². The summed E-state index contributed by atoms with van der Waals surface area (Å²) in [7, 11) is 1.21. The highest BCUT2D eigenvalue weighted by molar-refractivity contribution is 5.83. The minimum Gasteiger partial charge on any atom is -0.480 e. The lowest BCUT2D eigenvalue weighted by Gasteiger charge is -2.13. The third-order valence-corrected chi connectivity index (χ3v) is 2.28. The maximum absolute atomic E-state index is 11.6. The van der Waals surface area contributed by atoms with Gasteiger partial charge in [0.25, 0.3) is 0 Å². The molecule has 0 aliphatic rings. The summed E-state index contributed by atoms with van der Waals surface area (Å²) in [5.74, 6) is -2.27. The van der Waals surface area contributed by atoms with Crippen LogP contribution in [0.15, 0.2) is 12.4 Å². The number of aliphatic carboxylic acids is 1. The molecular weight excluding hydrogens is 256 g/mol. The number of ether oxygens (including phenoxy) is 1. The van der Waals surface area contributed by atoms with Gasteiger partial charge in [-0.1, -0.05) is 5.21 Å². The average Bonchev–Trinajstić information content (AvgIpc) is 2.86. The summed E-state index contributed by atoms with van der Waals surface area (Å²) in [4.78, 5) is 33.4. The van der Waals surface area contributed by atoms with E-state index < -0.39 is 23.9 Å². The topological polar surface area (TPSA) is 123 Å². The van der Waals surface area contributed by atoms with Gasteiger partial charge in [0.15, 0.2) is 0 Å². The maximum atomic E-state index is 11.6. The quantitative estimate of drug-likeness (QED) is 0.596. The van der Waals surface area contributed by atoms with Gasteiger partial charge < -0.3 is 15.2 Å². The molecule has 0 aliphatic heterocycles. The Hall–Kier alpha value is -2.45. The minimum absolute atomic E-state index is 0.0366. The lowest BCUT2D eigenvalue weighted by Crippen LogP contribution is -2.42. The molecule has 1 rings (SSSR count). The number of carbonyl (C=O) groups is 3.